The van der Waals surface area contributed by atoms with Crippen LogP contribution in [0.5, 0.6) is 0 Å². The Labute approximate surface area is 141 Å². The van der Waals surface area contributed by atoms with E-state index in [1.807, 2.05) is 24.3 Å². The Balaban J connectivity index is 0.000000381. The van der Waals surface area contributed by atoms with Crippen molar-refractivity contribution in [3.63, 3.8) is 0 Å². The van der Waals surface area contributed by atoms with Gasteiger partial charge in [0.25, 0.3) is 5.91 Å². The Bertz CT molecular complexity index is 614. The Kier molecular flexibility index (Phi) is 7.89. The molecular weight excluding hydrogens is 343 g/mol. The molecule has 7 nitrogen and oxygen atoms in total. The van der Waals surface area contributed by atoms with E-state index in [9.17, 15) is 18.0 Å². The number of alkyl halides is 3. The summed E-state index contributed by atoms with van der Waals surface area (Å²) in [5, 5.41) is 18.9. The first-order chi connectivity index (χ1) is 11.8. The first kappa shape index (κ1) is 20.5. The van der Waals surface area contributed by atoms with Gasteiger partial charge in [-0.05, 0) is 17.7 Å². The van der Waals surface area contributed by atoms with Gasteiger partial charge < -0.3 is 15.3 Å². The number of carbonyl (C=O) groups is 2. The van der Waals surface area contributed by atoms with Crippen molar-refractivity contribution in [3.8, 4) is 0 Å². The highest BCUT2D eigenvalue weighted by Crippen LogP contribution is 2.22. The zero-order valence-electron chi connectivity index (χ0n) is 13.1. The summed E-state index contributed by atoms with van der Waals surface area (Å²) < 4.78 is 31.7. The molecule has 1 heterocycles. The Morgan fingerprint density at radius 3 is 2.28 bits per heavy atom. The highest BCUT2D eigenvalue weighted by molar-refractivity contribution is 5.91. The van der Waals surface area contributed by atoms with E-state index in [1.165, 1.54) is 6.08 Å². The average Bonchev–Trinajstić information content (AvgIpc) is 2.60. The van der Waals surface area contributed by atoms with Crippen LogP contribution in [0.15, 0.2) is 30.3 Å². The molecule has 0 saturated carbocycles. The van der Waals surface area contributed by atoms with Crippen molar-refractivity contribution in [1.29, 1.82) is 0 Å². The molecule has 25 heavy (non-hydrogen) atoms. The molecular formula is C15H18F3N3O4. The topological polar surface area (TPSA) is 102 Å². The summed E-state index contributed by atoms with van der Waals surface area (Å²) in [6.07, 6.45) is -2.05. The fourth-order valence-corrected chi connectivity index (χ4v) is 2.02. The number of benzene rings is 1. The van der Waals surface area contributed by atoms with E-state index in [1.54, 1.807) is 11.6 Å². The molecule has 1 aliphatic rings. The minimum Gasteiger partial charge on any atom is -0.475 e. The maximum absolute atomic E-state index is 11.0. The van der Waals surface area contributed by atoms with Gasteiger partial charge in [-0.15, -0.1) is 0 Å². The molecule has 0 spiro atoms. The molecule has 0 aliphatic carbocycles. The molecule has 2 rings (SSSR count). The highest BCUT2D eigenvalue weighted by atomic mass is 19.4. The van der Waals surface area contributed by atoms with Gasteiger partial charge in [-0.2, -0.15) is 13.2 Å². The van der Waals surface area contributed by atoms with E-state index < -0.39 is 18.1 Å². The number of nitrogens with one attached hydrogen (secondary N) is 2. The lowest BCUT2D eigenvalue weighted by Gasteiger charge is -2.30. The van der Waals surface area contributed by atoms with Crippen molar-refractivity contribution in [2.75, 3.05) is 31.1 Å². The molecule has 4 N–H and O–H groups in total. The lowest BCUT2D eigenvalue weighted by atomic mass is 10.1. The third kappa shape index (κ3) is 7.23. The first-order valence-electron chi connectivity index (χ1n) is 7.22. The number of carboxylic acid groups (broad SMARTS) is 1. The van der Waals surface area contributed by atoms with Gasteiger partial charge in [0.2, 0.25) is 0 Å². The fourth-order valence-electron chi connectivity index (χ4n) is 2.02. The van der Waals surface area contributed by atoms with Crippen LogP contribution in [-0.2, 0) is 9.59 Å². The van der Waals surface area contributed by atoms with Crippen molar-refractivity contribution < 1.29 is 33.1 Å². The summed E-state index contributed by atoms with van der Waals surface area (Å²) in [5.74, 6) is -3.28. The Hall–Kier alpha value is -2.59. The number of halogens is 3. The second-order valence-electron chi connectivity index (χ2n) is 4.91. The van der Waals surface area contributed by atoms with Crippen molar-refractivity contribution in [2.24, 2.45) is 0 Å². The van der Waals surface area contributed by atoms with E-state index >= 15 is 0 Å². The summed E-state index contributed by atoms with van der Waals surface area (Å²) in [5.41, 5.74) is 3.67. The molecule has 1 saturated heterocycles. The van der Waals surface area contributed by atoms with E-state index in [-0.39, 0.29) is 0 Å². The molecule has 0 unspecified atom stereocenters. The zero-order chi connectivity index (χ0) is 18.9. The van der Waals surface area contributed by atoms with Crippen LogP contribution in [0.2, 0.25) is 0 Å². The van der Waals surface area contributed by atoms with Crippen molar-refractivity contribution in [3.05, 3.63) is 35.9 Å². The summed E-state index contributed by atoms with van der Waals surface area (Å²) >= 11 is 0. The first-order valence-corrected chi connectivity index (χ1v) is 7.22. The largest absolute Gasteiger partial charge is 0.490 e. The van der Waals surface area contributed by atoms with Gasteiger partial charge in [-0.3, -0.25) is 10.0 Å². The van der Waals surface area contributed by atoms with Crippen LogP contribution in [0.25, 0.3) is 6.08 Å². The average molecular weight is 361 g/mol. The van der Waals surface area contributed by atoms with Crippen molar-refractivity contribution >= 4 is 23.6 Å². The minimum atomic E-state index is -5.08. The number of hydroxylamine groups is 1. The SMILES string of the molecule is O=C(/C=C/c1ccccc1N1CCNCC1)NO.O=C(O)C(F)(F)F. The number of anilines is 1. The molecule has 1 aromatic carbocycles. The van der Waals surface area contributed by atoms with Gasteiger partial charge in [0, 0.05) is 37.9 Å². The summed E-state index contributed by atoms with van der Waals surface area (Å²) in [6.45, 7) is 3.85. The second kappa shape index (κ2) is 9.64. The summed E-state index contributed by atoms with van der Waals surface area (Å²) in [7, 11) is 0. The van der Waals surface area contributed by atoms with Gasteiger partial charge in [-0.1, -0.05) is 18.2 Å². The molecule has 10 heteroatoms. The van der Waals surface area contributed by atoms with E-state index in [0.717, 1.165) is 37.4 Å². The Morgan fingerprint density at radius 1 is 1.20 bits per heavy atom. The number of carbonyl (C=O) groups excluding carboxylic acids is 1. The van der Waals surface area contributed by atoms with Crippen LogP contribution in [-0.4, -0.2) is 54.5 Å². The maximum Gasteiger partial charge on any atom is 0.490 e. The second-order valence-corrected chi connectivity index (χ2v) is 4.91. The molecule has 1 aliphatic heterocycles. The number of amides is 1. The number of para-hydroxylation sites is 1. The highest BCUT2D eigenvalue weighted by Gasteiger charge is 2.38. The van der Waals surface area contributed by atoms with E-state index in [0.29, 0.717) is 0 Å². The van der Waals surface area contributed by atoms with Crippen LogP contribution in [0.3, 0.4) is 0 Å². The van der Waals surface area contributed by atoms with Gasteiger partial charge in [0.15, 0.2) is 0 Å². The molecule has 1 aromatic rings. The van der Waals surface area contributed by atoms with Crippen LogP contribution in [0, 0.1) is 0 Å². The third-order valence-corrected chi connectivity index (χ3v) is 3.16. The van der Waals surface area contributed by atoms with Crippen molar-refractivity contribution in [2.45, 2.75) is 6.18 Å². The van der Waals surface area contributed by atoms with Crippen LogP contribution in [0.1, 0.15) is 5.56 Å². The van der Waals surface area contributed by atoms with E-state index in [2.05, 4.69) is 10.2 Å². The van der Waals surface area contributed by atoms with Gasteiger partial charge in [-0.25, -0.2) is 10.3 Å². The number of nitrogens with zero attached hydrogens (tertiary/aromatic N) is 1. The summed E-state index contributed by atoms with van der Waals surface area (Å²) in [6, 6.07) is 7.92. The lowest BCUT2D eigenvalue weighted by molar-refractivity contribution is -0.192. The number of carboxylic acids is 1. The number of hydrogen-bond acceptors (Lipinski definition) is 5. The van der Waals surface area contributed by atoms with Gasteiger partial charge >= 0.3 is 12.1 Å². The fraction of sp³-hybridized carbons (Fsp3) is 0.333. The monoisotopic (exact) mass is 361 g/mol. The van der Waals surface area contributed by atoms with Gasteiger partial charge in [0.05, 0.1) is 0 Å². The number of rotatable bonds is 3. The normalized spacial score (nSPS) is 14.6. The predicted molar refractivity (Wildman–Crippen MR) is 84.2 cm³/mol. The minimum absolute atomic E-state index is 0.523. The van der Waals surface area contributed by atoms with E-state index in [4.69, 9.17) is 15.1 Å². The molecule has 0 atom stereocenters. The molecule has 1 amide bonds. The molecule has 0 bridgehead atoms. The maximum atomic E-state index is 11.0. The lowest BCUT2D eigenvalue weighted by Crippen LogP contribution is -2.43. The smallest absolute Gasteiger partial charge is 0.475 e. The van der Waals surface area contributed by atoms with Crippen LogP contribution in [0.4, 0.5) is 18.9 Å². The predicted octanol–water partition coefficient (Wildman–Crippen LogP) is 1.25. The molecule has 0 radical (unpaired) electrons. The molecule has 1 fully saturated rings. The number of hydrogen-bond donors (Lipinski definition) is 4. The zero-order valence-corrected chi connectivity index (χ0v) is 13.1. The van der Waals surface area contributed by atoms with Crippen LogP contribution < -0.4 is 15.7 Å². The van der Waals surface area contributed by atoms with Crippen molar-refractivity contribution in [1.82, 2.24) is 10.8 Å². The quantitative estimate of drug-likeness (QED) is 0.367. The molecule has 0 aromatic heterocycles. The summed E-state index contributed by atoms with van der Waals surface area (Å²) in [4.78, 5) is 22.2. The number of aliphatic carboxylic acids is 1. The number of piperazine rings is 1. The van der Waals surface area contributed by atoms with Gasteiger partial charge in [0.1, 0.15) is 0 Å². The standard InChI is InChI=1S/C13H17N3O2.C2HF3O2/c17-13(15-18)6-5-11-3-1-2-4-12(11)16-9-7-14-8-10-16;3-2(4,5)1(6)7/h1-6,14,18H,7-10H2,(H,15,17);(H,6,7)/b6-5+;. The Morgan fingerprint density at radius 2 is 1.76 bits per heavy atom. The van der Waals surface area contributed by atoms with Crippen LogP contribution >= 0.6 is 0 Å². The third-order valence-electron chi connectivity index (χ3n) is 3.16. The molecule has 138 valence electrons.